The van der Waals surface area contributed by atoms with Gasteiger partial charge < -0.3 is 4.74 Å². The van der Waals surface area contributed by atoms with Crippen molar-refractivity contribution in [3.63, 3.8) is 0 Å². The van der Waals surface area contributed by atoms with Gasteiger partial charge in [-0.1, -0.05) is 42.1 Å². The number of aryl methyl sites for hydroxylation is 1. The van der Waals surface area contributed by atoms with E-state index >= 15 is 0 Å². The monoisotopic (exact) mass is 330 g/mol. The fourth-order valence-corrected chi connectivity index (χ4v) is 4.06. The Morgan fingerprint density at radius 2 is 2.05 bits per heavy atom. The molecule has 3 aromatic rings. The number of hydrogen-bond donors (Lipinski definition) is 0. The summed E-state index contributed by atoms with van der Waals surface area (Å²) in [7, 11) is 1.39. The number of rotatable bonds is 4. The van der Waals surface area contributed by atoms with Crippen molar-refractivity contribution in [1.82, 2.24) is 9.97 Å². The molecular formula is C16H14N2O2S2. The molecule has 0 amide bonds. The van der Waals surface area contributed by atoms with E-state index < -0.39 is 0 Å². The summed E-state index contributed by atoms with van der Waals surface area (Å²) in [6.07, 6.45) is 0. The van der Waals surface area contributed by atoms with Crippen molar-refractivity contribution in [2.45, 2.75) is 11.9 Å². The van der Waals surface area contributed by atoms with Crippen molar-refractivity contribution in [3.8, 4) is 10.4 Å². The minimum absolute atomic E-state index is 0.249. The molecule has 4 nitrogen and oxygen atoms in total. The van der Waals surface area contributed by atoms with Crippen LogP contribution in [0.15, 0.2) is 41.4 Å². The van der Waals surface area contributed by atoms with Gasteiger partial charge in [-0.15, -0.1) is 11.3 Å². The van der Waals surface area contributed by atoms with Gasteiger partial charge in [-0.25, -0.2) is 9.97 Å². The minimum Gasteiger partial charge on any atom is -0.468 e. The van der Waals surface area contributed by atoms with Crippen molar-refractivity contribution in [2.75, 3.05) is 12.9 Å². The second kappa shape index (κ2) is 6.46. The molecule has 0 unspecified atom stereocenters. The lowest BCUT2D eigenvalue weighted by Crippen LogP contribution is -2.03. The van der Waals surface area contributed by atoms with E-state index in [9.17, 15) is 4.79 Å². The van der Waals surface area contributed by atoms with Gasteiger partial charge in [0.15, 0.2) is 0 Å². The van der Waals surface area contributed by atoms with E-state index in [-0.39, 0.29) is 11.7 Å². The lowest BCUT2D eigenvalue weighted by atomic mass is 10.2. The molecule has 0 saturated carbocycles. The molecule has 0 fully saturated rings. The molecule has 6 heteroatoms. The highest BCUT2D eigenvalue weighted by molar-refractivity contribution is 8.00. The largest absolute Gasteiger partial charge is 0.468 e. The third-order valence-corrected chi connectivity index (χ3v) is 5.12. The lowest BCUT2D eigenvalue weighted by Gasteiger charge is -2.02. The van der Waals surface area contributed by atoms with Gasteiger partial charge in [-0.05, 0) is 18.6 Å². The minimum atomic E-state index is -0.257. The first-order valence-corrected chi connectivity index (χ1v) is 8.51. The summed E-state index contributed by atoms with van der Waals surface area (Å²) in [5.41, 5.74) is 1.16. The Balaban J connectivity index is 2.01. The molecule has 0 atom stereocenters. The Hall–Kier alpha value is -1.92. The Labute approximate surface area is 136 Å². The van der Waals surface area contributed by atoms with Crippen LogP contribution in [0.5, 0.6) is 0 Å². The van der Waals surface area contributed by atoms with Crippen LogP contribution in [-0.4, -0.2) is 28.8 Å². The Kier molecular flexibility index (Phi) is 4.40. The predicted molar refractivity (Wildman–Crippen MR) is 90.3 cm³/mol. The highest BCUT2D eigenvalue weighted by Gasteiger charge is 2.13. The number of carbonyl (C=O) groups excluding carboxylic acids is 1. The van der Waals surface area contributed by atoms with Gasteiger partial charge in [-0.2, -0.15) is 0 Å². The van der Waals surface area contributed by atoms with Crippen molar-refractivity contribution >= 4 is 39.3 Å². The molecule has 3 rings (SSSR count). The molecular weight excluding hydrogens is 316 g/mol. The van der Waals surface area contributed by atoms with Crippen LogP contribution in [0, 0.1) is 6.92 Å². The fourth-order valence-electron chi connectivity index (χ4n) is 2.04. The summed E-state index contributed by atoms with van der Waals surface area (Å²) in [5.74, 6) is 0.702. The van der Waals surface area contributed by atoms with Crippen LogP contribution in [0.25, 0.3) is 20.7 Å². The number of benzene rings is 1. The number of carbonyl (C=O) groups is 1. The fraction of sp³-hybridized carbons (Fsp3) is 0.188. The molecule has 0 N–H and O–H groups in total. The summed E-state index contributed by atoms with van der Waals surface area (Å²) >= 11 is 3.02. The normalized spacial score (nSPS) is 10.8. The summed E-state index contributed by atoms with van der Waals surface area (Å²) < 4.78 is 4.69. The number of aromatic nitrogens is 2. The molecule has 0 bridgehead atoms. The van der Waals surface area contributed by atoms with E-state index in [0.717, 1.165) is 25.7 Å². The zero-order valence-corrected chi connectivity index (χ0v) is 13.8. The van der Waals surface area contributed by atoms with Gasteiger partial charge in [0.25, 0.3) is 0 Å². The number of methoxy groups -OCH3 is 1. The van der Waals surface area contributed by atoms with Crippen LogP contribution in [-0.2, 0) is 9.53 Å². The first kappa shape index (κ1) is 15.0. The van der Waals surface area contributed by atoms with Gasteiger partial charge in [0, 0.05) is 10.3 Å². The van der Waals surface area contributed by atoms with Gasteiger partial charge in [0.1, 0.15) is 15.7 Å². The van der Waals surface area contributed by atoms with Crippen molar-refractivity contribution < 1.29 is 9.53 Å². The van der Waals surface area contributed by atoms with Crippen LogP contribution >= 0.6 is 23.1 Å². The first-order valence-electron chi connectivity index (χ1n) is 6.70. The third-order valence-electron chi connectivity index (χ3n) is 3.08. The first-order chi connectivity index (χ1) is 10.7. The predicted octanol–water partition coefficient (Wildman–Crippen LogP) is 3.93. The molecule has 0 spiro atoms. The number of nitrogens with zero attached hydrogens (tertiary/aromatic N) is 2. The second-order valence-corrected chi connectivity index (χ2v) is 6.63. The summed E-state index contributed by atoms with van der Waals surface area (Å²) in [5, 5.41) is 1.81. The molecule has 2 aromatic heterocycles. The number of esters is 1. The number of fused-ring (bicyclic) bond motifs is 1. The molecule has 0 radical (unpaired) electrons. The highest BCUT2D eigenvalue weighted by Crippen LogP contribution is 2.36. The summed E-state index contributed by atoms with van der Waals surface area (Å²) in [4.78, 5) is 22.4. The molecule has 0 aliphatic carbocycles. The lowest BCUT2D eigenvalue weighted by molar-refractivity contribution is -0.137. The zero-order valence-electron chi connectivity index (χ0n) is 12.2. The van der Waals surface area contributed by atoms with Crippen LogP contribution in [0.2, 0.25) is 0 Å². The maximum atomic E-state index is 11.3. The van der Waals surface area contributed by atoms with E-state index in [1.807, 2.05) is 25.1 Å². The molecule has 0 saturated heterocycles. The van der Waals surface area contributed by atoms with Crippen molar-refractivity contribution in [1.29, 1.82) is 0 Å². The maximum Gasteiger partial charge on any atom is 0.316 e. The molecule has 22 heavy (non-hydrogen) atoms. The van der Waals surface area contributed by atoms with Crippen LogP contribution in [0.1, 0.15) is 5.82 Å². The molecule has 1 aromatic carbocycles. The SMILES string of the molecule is COC(=O)CSc1nc(C)nc2sc(-c3ccccc3)cc12. The van der Waals surface area contributed by atoms with Gasteiger partial charge >= 0.3 is 5.97 Å². The highest BCUT2D eigenvalue weighted by atomic mass is 32.2. The van der Waals surface area contributed by atoms with E-state index in [2.05, 4.69) is 32.9 Å². The number of hydrogen-bond acceptors (Lipinski definition) is 6. The summed E-state index contributed by atoms with van der Waals surface area (Å²) in [6.45, 7) is 1.86. The van der Waals surface area contributed by atoms with E-state index in [0.29, 0.717) is 5.82 Å². The summed E-state index contributed by atoms with van der Waals surface area (Å²) in [6, 6.07) is 12.3. The van der Waals surface area contributed by atoms with Crippen LogP contribution in [0.3, 0.4) is 0 Å². The second-order valence-electron chi connectivity index (χ2n) is 4.64. The quantitative estimate of drug-likeness (QED) is 0.412. The number of ether oxygens (including phenoxy) is 1. The Morgan fingerprint density at radius 1 is 1.27 bits per heavy atom. The Bertz CT molecular complexity index is 816. The average molecular weight is 330 g/mol. The van der Waals surface area contributed by atoms with Gasteiger partial charge in [-0.3, -0.25) is 4.79 Å². The smallest absolute Gasteiger partial charge is 0.316 e. The molecule has 2 heterocycles. The number of thioether (sulfide) groups is 1. The third kappa shape index (κ3) is 3.13. The zero-order chi connectivity index (χ0) is 15.5. The maximum absolute atomic E-state index is 11.3. The van der Waals surface area contributed by atoms with E-state index in [1.54, 1.807) is 11.3 Å². The standard InChI is InChI=1S/C16H14N2O2S2/c1-10-17-15(21-9-14(19)20-2)12-8-13(22-16(12)18-10)11-6-4-3-5-7-11/h3-8H,9H2,1-2H3. The molecule has 112 valence electrons. The van der Waals surface area contributed by atoms with Crippen LogP contribution in [0.4, 0.5) is 0 Å². The Morgan fingerprint density at radius 3 is 2.77 bits per heavy atom. The molecule has 0 aliphatic heterocycles. The van der Waals surface area contributed by atoms with Gasteiger partial charge in [0.05, 0.1) is 12.9 Å². The van der Waals surface area contributed by atoms with E-state index in [4.69, 9.17) is 0 Å². The van der Waals surface area contributed by atoms with Crippen LogP contribution < -0.4 is 0 Å². The number of thiophene rings is 1. The van der Waals surface area contributed by atoms with E-state index in [1.165, 1.54) is 18.9 Å². The average Bonchev–Trinajstić information content (AvgIpc) is 2.97. The topological polar surface area (TPSA) is 52.1 Å². The van der Waals surface area contributed by atoms with Crippen molar-refractivity contribution in [2.24, 2.45) is 0 Å². The van der Waals surface area contributed by atoms with Crippen molar-refractivity contribution in [3.05, 3.63) is 42.2 Å². The molecule has 0 aliphatic rings. The van der Waals surface area contributed by atoms with Gasteiger partial charge in [0.2, 0.25) is 0 Å².